The molecule has 2 unspecified atom stereocenters. The van der Waals surface area contributed by atoms with Crippen molar-refractivity contribution in [3.8, 4) is 0 Å². The average molecular weight is 248 g/mol. The number of carbonyl (C=O) groups excluding carboxylic acids is 1. The van der Waals surface area contributed by atoms with E-state index in [9.17, 15) is 9.90 Å². The van der Waals surface area contributed by atoms with E-state index in [-0.39, 0.29) is 18.1 Å². The maximum absolute atomic E-state index is 12.2. The molecule has 18 heavy (non-hydrogen) atoms. The lowest BCUT2D eigenvalue weighted by Crippen LogP contribution is -2.45. The molecule has 2 atom stereocenters. The normalized spacial score (nSPS) is 28.1. The number of hydrogen-bond donors (Lipinski definition) is 2. The molecule has 2 N–H and O–H groups in total. The topological polar surface area (TPSA) is 54.3 Å². The number of carbonyl (C=O) groups is 1. The first kappa shape index (κ1) is 11.8. The van der Waals surface area contributed by atoms with E-state index >= 15 is 0 Å². The van der Waals surface area contributed by atoms with Gasteiger partial charge in [0, 0.05) is 12.2 Å². The molecule has 0 saturated heterocycles. The fraction of sp³-hybridized carbons (Fsp3) is 0.643. The van der Waals surface area contributed by atoms with Gasteiger partial charge >= 0.3 is 0 Å². The first-order chi connectivity index (χ1) is 8.75. The Morgan fingerprint density at radius 1 is 1.28 bits per heavy atom. The average Bonchev–Trinajstić information content (AvgIpc) is 3.09. The molecule has 0 bridgehead atoms. The summed E-state index contributed by atoms with van der Waals surface area (Å²) in [6.45, 7) is 0. The van der Waals surface area contributed by atoms with Crippen molar-refractivity contribution in [1.29, 1.82) is 0 Å². The Labute approximate surface area is 107 Å². The van der Waals surface area contributed by atoms with E-state index in [1.54, 1.807) is 0 Å². The van der Waals surface area contributed by atoms with Crippen molar-refractivity contribution in [3.05, 3.63) is 24.0 Å². The highest BCUT2D eigenvalue weighted by Gasteiger charge is 2.29. The van der Waals surface area contributed by atoms with Crippen molar-refractivity contribution in [1.82, 2.24) is 9.88 Å². The van der Waals surface area contributed by atoms with Crippen LogP contribution < -0.4 is 5.32 Å². The zero-order valence-electron chi connectivity index (χ0n) is 10.5. The van der Waals surface area contributed by atoms with E-state index in [4.69, 9.17) is 0 Å². The van der Waals surface area contributed by atoms with Crippen LogP contribution in [-0.4, -0.2) is 27.7 Å². The van der Waals surface area contributed by atoms with Gasteiger partial charge in [0.05, 0.1) is 12.1 Å². The molecule has 0 spiro atoms. The van der Waals surface area contributed by atoms with Gasteiger partial charge in [0.25, 0.3) is 5.91 Å². The maximum atomic E-state index is 12.2. The summed E-state index contributed by atoms with van der Waals surface area (Å²) in [5, 5.41) is 12.9. The van der Waals surface area contributed by atoms with Crippen molar-refractivity contribution in [2.45, 2.75) is 56.7 Å². The maximum Gasteiger partial charge on any atom is 0.268 e. The highest BCUT2D eigenvalue weighted by atomic mass is 16.3. The Morgan fingerprint density at radius 2 is 2.06 bits per heavy atom. The first-order valence-electron chi connectivity index (χ1n) is 6.91. The second-order valence-electron chi connectivity index (χ2n) is 5.46. The molecule has 0 radical (unpaired) electrons. The van der Waals surface area contributed by atoms with Crippen LogP contribution in [0.4, 0.5) is 0 Å². The largest absolute Gasteiger partial charge is 0.391 e. The second kappa shape index (κ2) is 4.76. The molecule has 0 aromatic carbocycles. The van der Waals surface area contributed by atoms with Crippen LogP contribution in [0.2, 0.25) is 0 Å². The van der Waals surface area contributed by atoms with Crippen LogP contribution in [0.5, 0.6) is 0 Å². The summed E-state index contributed by atoms with van der Waals surface area (Å²) >= 11 is 0. The third-order valence-corrected chi connectivity index (χ3v) is 4.00. The summed E-state index contributed by atoms with van der Waals surface area (Å²) in [4.78, 5) is 12.2. The van der Waals surface area contributed by atoms with Crippen LogP contribution in [-0.2, 0) is 0 Å². The molecule has 3 rings (SSSR count). The van der Waals surface area contributed by atoms with E-state index in [0.717, 1.165) is 31.4 Å². The monoisotopic (exact) mass is 248 g/mol. The second-order valence-corrected chi connectivity index (χ2v) is 5.46. The summed E-state index contributed by atoms with van der Waals surface area (Å²) in [7, 11) is 0. The summed E-state index contributed by atoms with van der Waals surface area (Å²) in [5.41, 5.74) is 0.732. The van der Waals surface area contributed by atoms with Crippen molar-refractivity contribution in [2.75, 3.05) is 0 Å². The lowest BCUT2D eigenvalue weighted by molar-refractivity contribution is 0.0710. The SMILES string of the molecule is O=C(NC1CCCCC1O)c1cccn1C1CC1. The third-order valence-electron chi connectivity index (χ3n) is 4.00. The minimum atomic E-state index is -0.382. The molecule has 2 saturated carbocycles. The van der Waals surface area contributed by atoms with Crippen molar-refractivity contribution < 1.29 is 9.90 Å². The summed E-state index contributed by atoms with van der Waals surface area (Å²) in [6, 6.07) is 4.22. The predicted molar refractivity (Wildman–Crippen MR) is 68.4 cm³/mol. The van der Waals surface area contributed by atoms with Gasteiger partial charge in [0.2, 0.25) is 0 Å². The number of aliphatic hydroxyl groups excluding tert-OH is 1. The fourth-order valence-corrected chi connectivity index (χ4v) is 2.78. The summed E-state index contributed by atoms with van der Waals surface area (Å²) in [6.07, 6.45) is 7.77. The molecule has 0 aliphatic heterocycles. The van der Waals surface area contributed by atoms with Crippen molar-refractivity contribution in [3.63, 3.8) is 0 Å². The number of rotatable bonds is 3. The van der Waals surface area contributed by atoms with Crippen molar-refractivity contribution >= 4 is 5.91 Å². The Kier molecular flexibility index (Phi) is 3.12. The van der Waals surface area contributed by atoms with Gasteiger partial charge in [-0.05, 0) is 37.8 Å². The number of nitrogens with zero attached hydrogens (tertiary/aromatic N) is 1. The zero-order chi connectivity index (χ0) is 12.5. The Bertz CT molecular complexity index is 437. The summed E-state index contributed by atoms with van der Waals surface area (Å²) in [5.74, 6) is -0.0437. The third kappa shape index (κ3) is 2.29. The number of aliphatic hydroxyl groups is 1. The van der Waals surface area contributed by atoms with Crippen LogP contribution in [0.3, 0.4) is 0 Å². The number of hydrogen-bond acceptors (Lipinski definition) is 2. The van der Waals surface area contributed by atoms with Gasteiger partial charge < -0.3 is 15.0 Å². The van der Waals surface area contributed by atoms with Gasteiger partial charge in [-0.3, -0.25) is 4.79 Å². The Morgan fingerprint density at radius 3 is 2.78 bits per heavy atom. The van der Waals surface area contributed by atoms with Crippen LogP contribution in [0, 0.1) is 0 Å². The molecule has 2 aliphatic carbocycles. The quantitative estimate of drug-likeness (QED) is 0.857. The number of amides is 1. The Balaban J connectivity index is 1.68. The molecule has 4 nitrogen and oxygen atoms in total. The molecule has 1 aromatic heterocycles. The van der Waals surface area contributed by atoms with Crippen LogP contribution in [0.1, 0.15) is 55.1 Å². The van der Waals surface area contributed by atoms with Gasteiger partial charge in [0.15, 0.2) is 0 Å². The highest BCUT2D eigenvalue weighted by Crippen LogP contribution is 2.36. The molecule has 2 aliphatic rings. The van der Waals surface area contributed by atoms with Crippen LogP contribution in [0.25, 0.3) is 0 Å². The molecule has 4 heteroatoms. The molecule has 1 amide bonds. The Hall–Kier alpha value is -1.29. The number of aromatic nitrogens is 1. The fourth-order valence-electron chi connectivity index (χ4n) is 2.78. The molecule has 1 aromatic rings. The summed E-state index contributed by atoms with van der Waals surface area (Å²) < 4.78 is 2.06. The molecule has 98 valence electrons. The van der Waals surface area contributed by atoms with Crippen LogP contribution >= 0.6 is 0 Å². The predicted octanol–water partition coefficient (Wildman–Crippen LogP) is 1.86. The molecule has 2 fully saturated rings. The van der Waals surface area contributed by atoms with E-state index < -0.39 is 0 Å². The lowest BCUT2D eigenvalue weighted by atomic mass is 9.92. The molecular weight excluding hydrogens is 228 g/mol. The molecule has 1 heterocycles. The van der Waals surface area contributed by atoms with E-state index in [1.165, 1.54) is 12.8 Å². The van der Waals surface area contributed by atoms with Crippen LogP contribution in [0.15, 0.2) is 18.3 Å². The standard InChI is InChI=1S/C14H20N2O2/c17-13-6-2-1-4-11(13)15-14(18)12-5-3-9-16(12)10-7-8-10/h3,5,9-11,13,17H,1-2,4,6-8H2,(H,15,18). The lowest BCUT2D eigenvalue weighted by Gasteiger charge is -2.28. The van der Waals surface area contributed by atoms with Gasteiger partial charge in [-0.1, -0.05) is 12.8 Å². The van der Waals surface area contributed by atoms with E-state index in [0.29, 0.717) is 6.04 Å². The smallest absolute Gasteiger partial charge is 0.268 e. The van der Waals surface area contributed by atoms with Gasteiger partial charge in [0.1, 0.15) is 5.69 Å². The minimum Gasteiger partial charge on any atom is -0.391 e. The first-order valence-corrected chi connectivity index (χ1v) is 6.91. The van der Waals surface area contributed by atoms with Gasteiger partial charge in [-0.2, -0.15) is 0 Å². The van der Waals surface area contributed by atoms with Gasteiger partial charge in [-0.15, -0.1) is 0 Å². The van der Waals surface area contributed by atoms with E-state index in [2.05, 4.69) is 9.88 Å². The van der Waals surface area contributed by atoms with Gasteiger partial charge in [-0.25, -0.2) is 0 Å². The van der Waals surface area contributed by atoms with Crippen molar-refractivity contribution in [2.24, 2.45) is 0 Å². The molecular formula is C14H20N2O2. The number of nitrogens with one attached hydrogen (secondary N) is 1. The van der Waals surface area contributed by atoms with E-state index in [1.807, 2.05) is 18.3 Å². The minimum absolute atomic E-state index is 0.0437. The zero-order valence-corrected chi connectivity index (χ0v) is 10.5. The highest BCUT2D eigenvalue weighted by molar-refractivity contribution is 5.93.